The second-order valence-electron chi connectivity index (χ2n) is 4.79. The summed E-state index contributed by atoms with van der Waals surface area (Å²) in [4.78, 5) is 18.1. The fraction of sp³-hybridized carbons (Fsp3) is 0.267. The van der Waals surface area contributed by atoms with Gasteiger partial charge in [0.05, 0.1) is 28.9 Å². The lowest BCUT2D eigenvalue weighted by atomic mass is 10.1. The molecule has 2 amide bonds. The van der Waals surface area contributed by atoms with Crippen molar-refractivity contribution in [3.8, 4) is 6.07 Å². The van der Waals surface area contributed by atoms with Crippen LogP contribution in [0.3, 0.4) is 0 Å². The Balaban J connectivity index is 2.05. The number of amides is 2. The van der Waals surface area contributed by atoms with Gasteiger partial charge in [0.2, 0.25) is 0 Å². The molecule has 1 aromatic carbocycles. The van der Waals surface area contributed by atoms with Crippen LogP contribution in [0, 0.1) is 25.2 Å². The van der Waals surface area contributed by atoms with Gasteiger partial charge in [-0.25, -0.2) is 9.78 Å². The summed E-state index contributed by atoms with van der Waals surface area (Å²) in [6.07, 6.45) is 0. The van der Waals surface area contributed by atoms with E-state index in [-0.39, 0.29) is 6.03 Å². The molecule has 108 valence electrons. The van der Waals surface area contributed by atoms with E-state index in [1.807, 2.05) is 25.3 Å². The van der Waals surface area contributed by atoms with E-state index in [4.69, 9.17) is 5.26 Å². The van der Waals surface area contributed by atoms with Crippen molar-refractivity contribution in [2.24, 2.45) is 0 Å². The summed E-state index contributed by atoms with van der Waals surface area (Å²) in [7, 11) is 1.72. The molecule has 1 heterocycles. The summed E-state index contributed by atoms with van der Waals surface area (Å²) in [5, 5.41) is 14.7. The summed E-state index contributed by atoms with van der Waals surface area (Å²) in [5.74, 6) is 0. The van der Waals surface area contributed by atoms with Gasteiger partial charge in [0.15, 0.2) is 0 Å². The monoisotopic (exact) mass is 300 g/mol. The molecule has 0 bridgehead atoms. The quantitative estimate of drug-likeness (QED) is 0.945. The van der Waals surface area contributed by atoms with Crippen molar-refractivity contribution >= 4 is 23.1 Å². The van der Waals surface area contributed by atoms with Crippen LogP contribution < -0.4 is 5.32 Å². The first kappa shape index (κ1) is 15.0. The average Bonchev–Trinajstić information content (AvgIpc) is 2.86. The van der Waals surface area contributed by atoms with Crippen LogP contribution in [0.15, 0.2) is 23.6 Å². The highest BCUT2D eigenvalue weighted by Gasteiger charge is 2.12. The second kappa shape index (κ2) is 6.37. The first-order valence-corrected chi connectivity index (χ1v) is 7.31. The first-order chi connectivity index (χ1) is 9.99. The molecule has 0 atom stereocenters. The average molecular weight is 300 g/mol. The third kappa shape index (κ3) is 3.80. The maximum absolute atomic E-state index is 12.2. The van der Waals surface area contributed by atoms with Gasteiger partial charge in [-0.2, -0.15) is 5.26 Å². The lowest BCUT2D eigenvalue weighted by Gasteiger charge is -2.18. The molecule has 6 heteroatoms. The molecule has 5 nitrogen and oxygen atoms in total. The van der Waals surface area contributed by atoms with Crippen LogP contribution in [0.25, 0.3) is 0 Å². The van der Waals surface area contributed by atoms with Gasteiger partial charge >= 0.3 is 6.03 Å². The number of hydrogen-bond donors (Lipinski definition) is 1. The standard InChI is InChI=1S/C15H16N4OS/c1-10-4-5-12(7-16)6-14(10)18-15(20)19(3)8-13-9-21-11(2)17-13/h4-6,9H,8H2,1-3H3,(H,18,20). The van der Waals surface area contributed by atoms with Gasteiger partial charge in [-0.15, -0.1) is 11.3 Å². The number of nitrogens with one attached hydrogen (secondary N) is 1. The molecule has 0 saturated carbocycles. The maximum Gasteiger partial charge on any atom is 0.321 e. The molecular formula is C15H16N4OS. The third-order valence-electron chi connectivity index (χ3n) is 3.02. The summed E-state index contributed by atoms with van der Waals surface area (Å²) < 4.78 is 0. The van der Waals surface area contributed by atoms with Crippen molar-refractivity contribution < 1.29 is 4.79 Å². The number of thiazole rings is 1. The molecule has 2 rings (SSSR count). The zero-order valence-electron chi connectivity index (χ0n) is 12.2. The largest absolute Gasteiger partial charge is 0.322 e. The van der Waals surface area contributed by atoms with Crippen LogP contribution in [0.4, 0.5) is 10.5 Å². The molecule has 1 N–H and O–H groups in total. The summed E-state index contributed by atoms with van der Waals surface area (Å²) in [6.45, 7) is 4.28. The second-order valence-corrected chi connectivity index (χ2v) is 5.85. The smallest absolute Gasteiger partial charge is 0.321 e. The zero-order valence-corrected chi connectivity index (χ0v) is 13.0. The van der Waals surface area contributed by atoms with Crippen LogP contribution in [-0.4, -0.2) is 23.0 Å². The van der Waals surface area contributed by atoms with Crippen LogP contribution >= 0.6 is 11.3 Å². The van der Waals surface area contributed by atoms with E-state index >= 15 is 0 Å². The van der Waals surface area contributed by atoms with Crippen LogP contribution in [0.5, 0.6) is 0 Å². The van der Waals surface area contributed by atoms with Crippen molar-refractivity contribution in [3.63, 3.8) is 0 Å². The van der Waals surface area contributed by atoms with E-state index in [1.165, 1.54) is 0 Å². The SMILES string of the molecule is Cc1nc(CN(C)C(=O)Nc2cc(C#N)ccc2C)cs1. The number of aryl methyl sites for hydroxylation is 2. The molecule has 0 aliphatic rings. The number of rotatable bonds is 3. The van der Waals surface area contributed by atoms with Gasteiger partial charge in [0, 0.05) is 18.1 Å². The molecule has 0 unspecified atom stereocenters. The Labute approximate surface area is 127 Å². The lowest BCUT2D eigenvalue weighted by Crippen LogP contribution is -2.31. The van der Waals surface area contributed by atoms with Crippen LogP contribution in [-0.2, 0) is 6.54 Å². The Morgan fingerprint density at radius 3 is 2.86 bits per heavy atom. The molecule has 21 heavy (non-hydrogen) atoms. The Kier molecular flexibility index (Phi) is 4.55. The van der Waals surface area contributed by atoms with Crippen molar-refractivity contribution in [2.75, 3.05) is 12.4 Å². The number of carbonyl (C=O) groups excluding carboxylic acids is 1. The summed E-state index contributed by atoms with van der Waals surface area (Å²) in [6, 6.07) is 7.06. The van der Waals surface area contributed by atoms with Gasteiger partial charge < -0.3 is 10.2 Å². The summed E-state index contributed by atoms with van der Waals surface area (Å²) in [5.41, 5.74) is 2.96. The van der Waals surface area contributed by atoms with E-state index in [2.05, 4.69) is 16.4 Å². The molecule has 1 aromatic heterocycles. The number of urea groups is 1. The molecule has 2 aromatic rings. The molecule has 0 spiro atoms. The number of nitriles is 1. The Hall–Kier alpha value is -2.39. The van der Waals surface area contributed by atoms with E-state index in [0.29, 0.717) is 17.8 Å². The van der Waals surface area contributed by atoms with Gasteiger partial charge in [-0.05, 0) is 31.5 Å². The Morgan fingerprint density at radius 1 is 1.48 bits per heavy atom. The lowest BCUT2D eigenvalue weighted by molar-refractivity contribution is 0.220. The predicted molar refractivity (Wildman–Crippen MR) is 83.2 cm³/mol. The predicted octanol–water partition coefficient (Wildman–Crippen LogP) is 3.30. The third-order valence-corrected chi connectivity index (χ3v) is 3.84. The molecule has 0 aliphatic carbocycles. The fourth-order valence-electron chi connectivity index (χ4n) is 1.83. The zero-order chi connectivity index (χ0) is 15.4. The van der Waals surface area contributed by atoms with E-state index < -0.39 is 0 Å². The van der Waals surface area contributed by atoms with Gasteiger partial charge in [-0.3, -0.25) is 0 Å². The summed E-state index contributed by atoms with van der Waals surface area (Å²) >= 11 is 1.56. The maximum atomic E-state index is 12.2. The highest BCUT2D eigenvalue weighted by atomic mass is 32.1. The highest BCUT2D eigenvalue weighted by Crippen LogP contribution is 2.17. The number of aromatic nitrogens is 1. The van der Waals surface area contributed by atoms with Gasteiger partial charge in [0.25, 0.3) is 0 Å². The van der Waals surface area contributed by atoms with Crippen molar-refractivity contribution in [3.05, 3.63) is 45.4 Å². The number of anilines is 1. The van der Waals surface area contributed by atoms with Crippen LogP contribution in [0.2, 0.25) is 0 Å². The minimum Gasteiger partial charge on any atom is -0.322 e. The van der Waals surface area contributed by atoms with Crippen molar-refractivity contribution in [1.82, 2.24) is 9.88 Å². The normalized spacial score (nSPS) is 10.0. The van der Waals surface area contributed by atoms with Crippen molar-refractivity contribution in [1.29, 1.82) is 5.26 Å². The van der Waals surface area contributed by atoms with Gasteiger partial charge in [0.1, 0.15) is 0 Å². The molecule has 0 fully saturated rings. The van der Waals surface area contributed by atoms with Gasteiger partial charge in [-0.1, -0.05) is 6.07 Å². The van der Waals surface area contributed by atoms with E-state index in [9.17, 15) is 4.79 Å². The number of carbonyl (C=O) groups is 1. The molecular weight excluding hydrogens is 284 g/mol. The van der Waals surface area contributed by atoms with E-state index in [0.717, 1.165) is 16.3 Å². The number of nitrogens with zero attached hydrogens (tertiary/aromatic N) is 3. The van der Waals surface area contributed by atoms with Crippen LogP contribution in [0.1, 0.15) is 21.8 Å². The topological polar surface area (TPSA) is 69.0 Å². The number of benzene rings is 1. The Bertz CT molecular complexity index is 702. The van der Waals surface area contributed by atoms with Crippen molar-refractivity contribution in [2.45, 2.75) is 20.4 Å². The fourth-order valence-corrected chi connectivity index (χ4v) is 2.44. The van der Waals surface area contributed by atoms with E-state index in [1.54, 1.807) is 35.4 Å². The first-order valence-electron chi connectivity index (χ1n) is 6.43. The molecule has 0 aliphatic heterocycles. The minimum absolute atomic E-state index is 0.223. The Morgan fingerprint density at radius 2 is 2.24 bits per heavy atom. The molecule has 0 saturated heterocycles. The highest BCUT2D eigenvalue weighted by molar-refractivity contribution is 7.09. The molecule has 0 radical (unpaired) electrons. The minimum atomic E-state index is -0.223. The number of hydrogen-bond acceptors (Lipinski definition) is 4.